The molecule has 11 nitrogen and oxygen atoms in total. The maximum atomic E-state index is 14.4. The van der Waals surface area contributed by atoms with Crippen LogP contribution in [0, 0.1) is 24.7 Å². The predicted octanol–water partition coefficient (Wildman–Crippen LogP) is 6.41. The molecular formula is C35H40F3N5O6S. The number of aromatic nitrogens is 2. The van der Waals surface area contributed by atoms with E-state index in [1.54, 1.807) is 0 Å². The molecule has 2 aromatic carbocycles. The van der Waals surface area contributed by atoms with Crippen LogP contribution in [-0.2, 0) is 14.8 Å². The summed E-state index contributed by atoms with van der Waals surface area (Å²) >= 11 is 0. The normalized spacial score (nSPS) is 24.7. The van der Waals surface area contributed by atoms with E-state index < -0.39 is 52.1 Å². The van der Waals surface area contributed by atoms with Crippen LogP contribution in [0.2, 0.25) is 0 Å². The van der Waals surface area contributed by atoms with E-state index in [2.05, 4.69) is 20.0 Å². The van der Waals surface area contributed by atoms with Gasteiger partial charge in [-0.25, -0.2) is 22.9 Å². The summed E-state index contributed by atoms with van der Waals surface area (Å²) in [7, 11) is -3.04. The second-order valence-corrected chi connectivity index (χ2v) is 16.1. The predicted molar refractivity (Wildman–Crippen MR) is 178 cm³/mol. The SMILES string of the molecule is COC(=O)NC1CC2(C1)CC(N1C(=O)c3cccc(c3)S(=O)(=O)Nc3nc(cc(-c4c(C)cccc4C)n3)OC[C@H]1CC(C)(C)C(F)(F)F)C2. The Bertz CT molecular complexity index is 1900. The number of fused-ring (bicyclic) bond motifs is 4. The Morgan fingerprint density at radius 1 is 1.06 bits per heavy atom. The fourth-order valence-corrected chi connectivity index (χ4v) is 8.54. The first-order chi connectivity index (χ1) is 23.4. The van der Waals surface area contributed by atoms with Gasteiger partial charge in [0.05, 0.1) is 29.2 Å². The van der Waals surface area contributed by atoms with Crippen LogP contribution in [0.5, 0.6) is 5.88 Å². The third-order valence-corrected chi connectivity index (χ3v) is 11.5. The Hall–Kier alpha value is -4.40. The summed E-state index contributed by atoms with van der Waals surface area (Å²) in [6, 6.07) is 10.9. The van der Waals surface area contributed by atoms with Crippen molar-refractivity contribution in [1.82, 2.24) is 20.2 Å². The minimum Gasteiger partial charge on any atom is -0.475 e. The van der Waals surface area contributed by atoms with E-state index >= 15 is 0 Å². The highest BCUT2D eigenvalue weighted by Gasteiger charge is 2.57. The van der Waals surface area contributed by atoms with Gasteiger partial charge in [0.25, 0.3) is 15.9 Å². The molecular weight excluding hydrogens is 675 g/mol. The zero-order chi connectivity index (χ0) is 36.2. The summed E-state index contributed by atoms with van der Waals surface area (Å²) in [4.78, 5) is 36.2. The van der Waals surface area contributed by atoms with Gasteiger partial charge in [-0.05, 0) is 80.7 Å². The number of hydrogen-bond donors (Lipinski definition) is 2. The molecule has 2 N–H and O–H groups in total. The number of rotatable bonds is 5. The van der Waals surface area contributed by atoms with Crippen LogP contribution in [0.1, 0.15) is 67.4 Å². The molecule has 2 aliphatic carbocycles. The van der Waals surface area contributed by atoms with E-state index in [1.807, 2.05) is 32.0 Å². The number of sulfonamides is 1. The van der Waals surface area contributed by atoms with Crippen molar-refractivity contribution in [1.29, 1.82) is 0 Å². The second kappa shape index (κ2) is 12.7. The molecule has 50 heavy (non-hydrogen) atoms. The molecule has 3 aliphatic rings. The van der Waals surface area contributed by atoms with Gasteiger partial charge in [0.1, 0.15) is 6.61 Å². The molecule has 1 atom stereocenters. The molecule has 4 bridgehead atoms. The summed E-state index contributed by atoms with van der Waals surface area (Å²) in [5.41, 5.74) is 0.384. The van der Waals surface area contributed by atoms with E-state index in [0.29, 0.717) is 31.4 Å². The third kappa shape index (κ3) is 6.83. The molecule has 2 saturated carbocycles. The molecule has 268 valence electrons. The Kier molecular flexibility index (Phi) is 9.02. The number of alkyl halides is 3. The lowest BCUT2D eigenvalue weighted by atomic mass is 9.51. The van der Waals surface area contributed by atoms with Gasteiger partial charge in [-0.2, -0.15) is 18.2 Å². The van der Waals surface area contributed by atoms with Crippen LogP contribution in [0.4, 0.5) is 23.9 Å². The lowest BCUT2D eigenvalue weighted by Gasteiger charge is -2.60. The summed E-state index contributed by atoms with van der Waals surface area (Å²) in [5, 5.41) is 2.78. The Labute approximate surface area is 289 Å². The molecule has 2 heterocycles. The van der Waals surface area contributed by atoms with Gasteiger partial charge >= 0.3 is 12.3 Å². The number of ether oxygens (including phenoxy) is 2. The molecule has 0 saturated heterocycles. The molecule has 2 fully saturated rings. The topological polar surface area (TPSA) is 140 Å². The largest absolute Gasteiger partial charge is 0.475 e. The maximum absolute atomic E-state index is 14.4. The quantitative estimate of drug-likeness (QED) is 0.309. The zero-order valence-corrected chi connectivity index (χ0v) is 29.2. The van der Waals surface area contributed by atoms with E-state index in [-0.39, 0.29) is 40.4 Å². The highest BCUT2D eigenvalue weighted by molar-refractivity contribution is 7.92. The first kappa shape index (κ1) is 35.4. The minimum atomic E-state index is -4.60. The highest BCUT2D eigenvalue weighted by atomic mass is 32.2. The molecule has 0 radical (unpaired) electrons. The van der Waals surface area contributed by atoms with Gasteiger partial charge in [0.15, 0.2) is 0 Å². The van der Waals surface area contributed by atoms with E-state index in [4.69, 9.17) is 9.47 Å². The van der Waals surface area contributed by atoms with Crippen molar-refractivity contribution in [3.8, 4) is 17.1 Å². The van der Waals surface area contributed by atoms with Crippen LogP contribution < -0.4 is 14.8 Å². The number of carbonyl (C=O) groups excluding carboxylic acids is 2. The standard InChI is InChI=1S/C35H40F3N5O6S/c1-20-8-6-9-21(2)29(20)27-13-28-41-31(40-27)42-50(46,47)26-11-7-10-22(12-26)30(44)43(25(19-49-28)16-33(3,4)35(36,37)38)24-17-34(18-24)14-23(15-34)39-32(45)48-5/h6-13,23-25H,14-19H2,1-5H3,(H,39,45)(H,40,41,42)/t23?,24?,25-,34?/m1/s1. The van der Waals surface area contributed by atoms with Gasteiger partial charge in [-0.1, -0.05) is 38.1 Å². The number of amides is 2. The van der Waals surface area contributed by atoms with Gasteiger partial charge in [0, 0.05) is 29.3 Å². The molecule has 3 aromatic rings. The van der Waals surface area contributed by atoms with E-state index in [1.165, 1.54) is 42.3 Å². The van der Waals surface area contributed by atoms with Gasteiger partial charge in [0.2, 0.25) is 11.8 Å². The Morgan fingerprint density at radius 3 is 2.36 bits per heavy atom. The first-order valence-electron chi connectivity index (χ1n) is 16.4. The van der Waals surface area contributed by atoms with Crippen molar-refractivity contribution < 1.29 is 40.7 Å². The van der Waals surface area contributed by atoms with Crippen LogP contribution >= 0.6 is 0 Å². The molecule has 2 amide bonds. The average Bonchev–Trinajstić information content (AvgIpc) is 3.00. The number of hydrogen-bond acceptors (Lipinski definition) is 8. The fraction of sp³-hybridized carbons (Fsp3) is 0.486. The number of nitrogens with one attached hydrogen (secondary N) is 2. The number of nitrogens with zero attached hydrogens (tertiary/aromatic N) is 3. The van der Waals surface area contributed by atoms with Crippen LogP contribution in [0.3, 0.4) is 0 Å². The number of halogens is 3. The summed E-state index contributed by atoms with van der Waals surface area (Å²) in [5.74, 6) is -0.962. The van der Waals surface area contributed by atoms with Gasteiger partial charge in [-0.3, -0.25) is 4.79 Å². The van der Waals surface area contributed by atoms with Crippen molar-refractivity contribution in [2.24, 2.45) is 10.8 Å². The highest BCUT2D eigenvalue weighted by Crippen LogP contribution is 2.58. The monoisotopic (exact) mass is 715 g/mol. The number of aryl methyl sites for hydroxylation is 2. The van der Waals surface area contributed by atoms with Gasteiger partial charge in [-0.15, -0.1) is 0 Å². The van der Waals surface area contributed by atoms with Crippen LogP contribution in [-0.4, -0.2) is 73.3 Å². The number of carbonyl (C=O) groups is 2. The smallest absolute Gasteiger partial charge is 0.407 e. The zero-order valence-electron chi connectivity index (χ0n) is 28.4. The third-order valence-electron chi connectivity index (χ3n) is 10.2. The van der Waals surface area contributed by atoms with Gasteiger partial charge < -0.3 is 19.7 Å². The number of methoxy groups -OCH3 is 1. The number of benzene rings is 2. The van der Waals surface area contributed by atoms with Crippen molar-refractivity contribution >= 4 is 28.0 Å². The molecule has 1 aliphatic heterocycles. The van der Waals surface area contributed by atoms with Crippen LogP contribution in [0.15, 0.2) is 53.4 Å². The molecule has 15 heteroatoms. The summed E-state index contributed by atoms with van der Waals surface area (Å²) in [6.07, 6.45) is -3.36. The number of anilines is 1. The van der Waals surface area contributed by atoms with Crippen molar-refractivity contribution in [3.63, 3.8) is 0 Å². The van der Waals surface area contributed by atoms with E-state index in [9.17, 15) is 31.2 Å². The van der Waals surface area contributed by atoms with E-state index in [0.717, 1.165) is 30.5 Å². The Morgan fingerprint density at radius 2 is 1.72 bits per heavy atom. The average molecular weight is 716 g/mol. The second-order valence-electron chi connectivity index (χ2n) is 14.4. The molecule has 0 unspecified atom stereocenters. The maximum Gasteiger partial charge on any atom is 0.407 e. The Balaban J connectivity index is 1.43. The molecule has 6 rings (SSSR count). The molecule has 1 spiro atoms. The van der Waals surface area contributed by atoms with Crippen molar-refractivity contribution in [3.05, 3.63) is 65.2 Å². The lowest BCUT2D eigenvalue weighted by Crippen LogP contribution is -2.64. The fourth-order valence-electron chi connectivity index (χ4n) is 7.55. The summed E-state index contributed by atoms with van der Waals surface area (Å²) in [6.45, 7) is 5.59. The minimum absolute atomic E-state index is 0.00517. The molecule has 1 aromatic heterocycles. The van der Waals surface area contributed by atoms with Crippen LogP contribution in [0.25, 0.3) is 11.3 Å². The van der Waals surface area contributed by atoms with Crippen molar-refractivity contribution in [2.45, 2.75) is 89.0 Å². The first-order valence-corrected chi connectivity index (χ1v) is 17.8. The van der Waals surface area contributed by atoms with Crippen molar-refractivity contribution in [2.75, 3.05) is 18.4 Å². The summed E-state index contributed by atoms with van der Waals surface area (Å²) < 4.78 is 83.9. The lowest BCUT2D eigenvalue weighted by molar-refractivity contribution is -0.219. The number of alkyl carbamates (subject to hydrolysis) is 1.